The van der Waals surface area contributed by atoms with Crippen LogP contribution < -0.4 is 5.32 Å². The summed E-state index contributed by atoms with van der Waals surface area (Å²) in [5.74, 6) is 0.751. The van der Waals surface area contributed by atoms with Gasteiger partial charge in [0.25, 0.3) is 0 Å². The number of rotatable bonds is 3. The molecule has 2 rings (SSSR count). The van der Waals surface area contributed by atoms with Gasteiger partial charge in [0.05, 0.1) is 10.7 Å². The van der Waals surface area contributed by atoms with Crippen LogP contribution in [0.25, 0.3) is 0 Å². The highest BCUT2D eigenvalue weighted by Gasteiger charge is 2.09. The Kier molecular flexibility index (Phi) is 3.68. The predicted molar refractivity (Wildman–Crippen MR) is 65.4 cm³/mol. The fraction of sp³-hybridized carbons (Fsp3) is 0.111. The molecule has 0 saturated carbocycles. The van der Waals surface area contributed by atoms with Crippen molar-refractivity contribution in [3.05, 3.63) is 29.4 Å². The molecule has 2 heterocycles. The van der Waals surface area contributed by atoms with E-state index in [0.717, 1.165) is 20.3 Å². The van der Waals surface area contributed by atoms with Crippen molar-refractivity contribution in [2.45, 2.75) is 10.1 Å². The van der Waals surface area contributed by atoms with E-state index in [1.165, 1.54) is 18.1 Å². The average molecular weight is 298 g/mol. The molecule has 0 aliphatic carbocycles. The lowest BCUT2D eigenvalue weighted by atomic mass is 10.6. The zero-order valence-electron chi connectivity index (χ0n) is 8.38. The predicted octanol–water partition coefficient (Wildman–Crippen LogP) is 2.22. The van der Waals surface area contributed by atoms with E-state index in [1.54, 1.807) is 18.6 Å². The highest BCUT2D eigenvalue weighted by atomic mass is 79.9. The molecule has 7 heteroatoms. The van der Waals surface area contributed by atoms with E-state index in [1.807, 2.05) is 7.05 Å². The van der Waals surface area contributed by atoms with E-state index in [-0.39, 0.29) is 0 Å². The van der Waals surface area contributed by atoms with Gasteiger partial charge >= 0.3 is 0 Å². The van der Waals surface area contributed by atoms with Crippen LogP contribution in [0.4, 0.5) is 5.82 Å². The van der Waals surface area contributed by atoms with Crippen molar-refractivity contribution in [1.29, 1.82) is 0 Å². The largest absolute Gasteiger partial charge is 0.372 e. The highest BCUT2D eigenvalue weighted by Crippen LogP contribution is 2.33. The third-order valence-electron chi connectivity index (χ3n) is 1.74. The van der Waals surface area contributed by atoms with Gasteiger partial charge in [0.15, 0.2) is 0 Å². The lowest BCUT2D eigenvalue weighted by Gasteiger charge is -2.05. The summed E-state index contributed by atoms with van der Waals surface area (Å²) < 4.78 is 0.827. The van der Waals surface area contributed by atoms with Crippen LogP contribution in [0.3, 0.4) is 0 Å². The third-order valence-corrected chi connectivity index (χ3v) is 3.67. The molecule has 0 amide bonds. The topological polar surface area (TPSA) is 63.6 Å². The number of hydrogen-bond acceptors (Lipinski definition) is 6. The lowest BCUT2D eigenvalue weighted by molar-refractivity contribution is 1.01. The number of nitrogens with zero attached hydrogens (tertiary/aromatic N) is 4. The Bertz CT molecular complexity index is 479. The average Bonchev–Trinajstić information content (AvgIpc) is 2.33. The first-order valence-corrected chi connectivity index (χ1v) is 6.04. The summed E-state index contributed by atoms with van der Waals surface area (Å²) in [6.45, 7) is 0. The summed E-state index contributed by atoms with van der Waals surface area (Å²) in [5.41, 5.74) is 0. The van der Waals surface area contributed by atoms with E-state index in [2.05, 4.69) is 41.2 Å². The van der Waals surface area contributed by atoms with Gasteiger partial charge < -0.3 is 5.32 Å². The first kappa shape index (κ1) is 11.3. The minimum absolute atomic E-state index is 0.751. The maximum absolute atomic E-state index is 4.18. The highest BCUT2D eigenvalue weighted by molar-refractivity contribution is 9.10. The molecule has 0 radical (unpaired) electrons. The Morgan fingerprint density at radius 1 is 1.25 bits per heavy atom. The molecule has 0 bridgehead atoms. The SMILES string of the molecule is CNc1ncnc(Sc2cnccn2)c1Br. The van der Waals surface area contributed by atoms with Gasteiger partial charge in [0, 0.05) is 19.4 Å². The second-order valence-electron chi connectivity index (χ2n) is 2.74. The van der Waals surface area contributed by atoms with Crippen LogP contribution in [0.5, 0.6) is 0 Å². The fourth-order valence-electron chi connectivity index (χ4n) is 1.04. The molecule has 1 N–H and O–H groups in total. The van der Waals surface area contributed by atoms with Crippen LogP contribution in [0, 0.1) is 0 Å². The number of nitrogens with one attached hydrogen (secondary N) is 1. The maximum atomic E-state index is 4.18. The Balaban J connectivity index is 2.28. The fourth-order valence-corrected chi connectivity index (χ4v) is 2.39. The van der Waals surface area contributed by atoms with Crippen LogP contribution in [0.1, 0.15) is 0 Å². The second kappa shape index (κ2) is 5.22. The van der Waals surface area contributed by atoms with Crippen molar-refractivity contribution in [2.75, 3.05) is 12.4 Å². The van der Waals surface area contributed by atoms with Crippen LogP contribution in [-0.4, -0.2) is 27.0 Å². The van der Waals surface area contributed by atoms with Crippen molar-refractivity contribution in [1.82, 2.24) is 19.9 Å². The summed E-state index contributed by atoms with van der Waals surface area (Å²) in [6.07, 6.45) is 6.49. The van der Waals surface area contributed by atoms with Gasteiger partial charge in [-0.15, -0.1) is 0 Å². The van der Waals surface area contributed by atoms with Crippen LogP contribution in [-0.2, 0) is 0 Å². The normalized spacial score (nSPS) is 10.1. The number of anilines is 1. The van der Waals surface area contributed by atoms with Gasteiger partial charge in [-0.3, -0.25) is 4.98 Å². The molecular formula is C9H8BrN5S. The van der Waals surface area contributed by atoms with E-state index in [4.69, 9.17) is 0 Å². The monoisotopic (exact) mass is 297 g/mol. The standard InChI is InChI=1S/C9H8BrN5S/c1-11-8-7(10)9(15-5-14-8)16-6-4-12-2-3-13-6/h2-5H,1H3,(H,11,14,15). The van der Waals surface area contributed by atoms with Crippen molar-refractivity contribution < 1.29 is 0 Å². The van der Waals surface area contributed by atoms with Gasteiger partial charge in [-0.25, -0.2) is 15.0 Å². The number of aromatic nitrogens is 4. The second-order valence-corrected chi connectivity index (χ2v) is 4.54. The Labute approximate surface area is 105 Å². The van der Waals surface area contributed by atoms with Gasteiger partial charge in [-0.2, -0.15) is 0 Å². The van der Waals surface area contributed by atoms with Crippen molar-refractivity contribution >= 4 is 33.5 Å². The molecule has 82 valence electrons. The Hall–Kier alpha value is -1.21. The van der Waals surface area contributed by atoms with E-state index >= 15 is 0 Å². The quantitative estimate of drug-likeness (QED) is 0.877. The summed E-state index contributed by atoms with van der Waals surface area (Å²) >= 11 is 4.87. The molecule has 0 atom stereocenters. The van der Waals surface area contributed by atoms with Crippen molar-refractivity contribution in [3.8, 4) is 0 Å². The van der Waals surface area contributed by atoms with Crippen molar-refractivity contribution in [3.63, 3.8) is 0 Å². The van der Waals surface area contributed by atoms with Gasteiger partial charge in [-0.05, 0) is 27.7 Å². The zero-order valence-corrected chi connectivity index (χ0v) is 10.8. The minimum Gasteiger partial charge on any atom is -0.372 e. The lowest BCUT2D eigenvalue weighted by Crippen LogP contribution is -1.96. The molecule has 2 aromatic heterocycles. The summed E-state index contributed by atoms with van der Waals surface area (Å²) in [5, 5.41) is 4.57. The van der Waals surface area contributed by atoms with Gasteiger partial charge in [0.2, 0.25) is 0 Å². The molecule has 0 spiro atoms. The smallest absolute Gasteiger partial charge is 0.144 e. The van der Waals surface area contributed by atoms with E-state index in [0.29, 0.717) is 0 Å². The minimum atomic E-state index is 0.751. The molecule has 0 unspecified atom stereocenters. The molecule has 0 aliphatic rings. The van der Waals surface area contributed by atoms with Crippen LogP contribution in [0.15, 0.2) is 39.4 Å². The maximum Gasteiger partial charge on any atom is 0.144 e. The molecular weight excluding hydrogens is 290 g/mol. The molecule has 0 saturated heterocycles. The molecule has 0 fully saturated rings. The number of hydrogen-bond donors (Lipinski definition) is 1. The van der Waals surface area contributed by atoms with Gasteiger partial charge in [0.1, 0.15) is 22.2 Å². The van der Waals surface area contributed by atoms with Crippen LogP contribution in [0.2, 0.25) is 0 Å². The third kappa shape index (κ3) is 2.48. The Morgan fingerprint density at radius 2 is 2.12 bits per heavy atom. The first-order valence-electron chi connectivity index (χ1n) is 4.43. The summed E-state index contributed by atoms with van der Waals surface area (Å²) in [4.78, 5) is 16.4. The molecule has 16 heavy (non-hydrogen) atoms. The molecule has 0 aromatic carbocycles. The van der Waals surface area contributed by atoms with Crippen LogP contribution >= 0.6 is 27.7 Å². The van der Waals surface area contributed by atoms with E-state index in [9.17, 15) is 0 Å². The summed E-state index contributed by atoms with van der Waals surface area (Å²) in [7, 11) is 1.81. The van der Waals surface area contributed by atoms with E-state index < -0.39 is 0 Å². The number of halogens is 1. The zero-order chi connectivity index (χ0) is 11.4. The molecule has 5 nitrogen and oxygen atoms in total. The Morgan fingerprint density at radius 3 is 2.81 bits per heavy atom. The molecule has 0 aliphatic heterocycles. The van der Waals surface area contributed by atoms with Crippen molar-refractivity contribution in [2.24, 2.45) is 0 Å². The van der Waals surface area contributed by atoms with Gasteiger partial charge in [-0.1, -0.05) is 0 Å². The first-order chi connectivity index (χ1) is 7.81. The molecule has 2 aromatic rings. The summed E-state index contributed by atoms with van der Waals surface area (Å²) in [6, 6.07) is 0.